The number of urea groups is 1. The highest BCUT2D eigenvalue weighted by atomic mass is 16.5. The van der Waals surface area contributed by atoms with Gasteiger partial charge in [-0.25, -0.2) is 4.79 Å². The molecule has 0 radical (unpaired) electrons. The average Bonchev–Trinajstić information content (AvgIpc) is 3.44. The highest BCUT2D eigenvalue weighted by molar-refractivity contribution is 5.74. The van der Waals surface area contributed by atoms with E-state index in [9.17, 15) is 4.79 Å². The van der Waals surface area contributed by atoms with E-state index in [1.165, 1.54) is 29.0 Å². The summed E-state index contributed by atoms with van der Waals surface area (Å²) < 4.78 is 12.2. The molecule has 1 aliphatic heterocycles. The number of hydrogen-bond acceptors (Lipinski definition) is 4. The van der Waals surface area contributed by atoms with Gasteiger partial charge in [0.1, 0.15) is 17.6 Å². The molecular weight excluding hydrogens is 390 g/mol. The van der Waals surface area contributed by atoms with E-state index in [4.69, 9.17) is 9.47 Å². The summed E-state index contributed by atoms with van der Waals surface area (Å²) in [6, 6.07) is 14.3. The van der Waals surface area contributed by atoms with Crippen LogP contribution in [-0.2, 0) is 0 Å². The van der Waals surface area contributed by atoms with Crippen LogP contribution >= 0.6 is 0 Å². The Balaban J connectivity index is 1.31. The number of nitrogens with one attached hydrogen (secondary N) is 1. The molecule has 31 heavy (non-hydrogen) atoms. The highest BCUT2D eigenvalue weighted by Gasteiger charge is 2.26. The van der Waals surface area contributed by atoms with E-state index in [1.807, 2.05) is 31.2 Å². The van der Waals surface area contributed by atoms with Crippen LogP contribution in [-0.4, -0.2) is 50.3 Å². The number of carbonyl (C=O) groups excluding carboxylic acids is 1. The molecule has 4 rings (SSSR count). The van der Waals surface area contributed by atoms with Crippen LogP contribution in [0.3, 0.4) is 0 Å². The summed E-state index contributed by atoms with van der Waals surface area (Å²) in [6.45, 7) is 5.99. The standard InChI is InChI=1S/C25H33N3O3/c1-17-15-22(30-21-9-10-21)11-12-24(17)28-14-13-23(16-28)31-20-7-5-19(6-8-20)18(2)26-25(29)27(3)4/h5-8,11-12,15,18,21,23H,9-10,13-14,16H2,1-4H3,(H,26,29)/t18-,23?/m0/s1. The van der Waals surface area contributed by atoms with Gasteiger partial charge in [0.2, 0.25) is 0 Å². The quantitative estimate of drug-likeness (QED) is 0.711. The van der Waals surface area contributed by atoms with Crippen molar-refractivity contribution in [1.82, 2.24) is 10.2 Å². The van der Waals surface area contributed by atoms with Gasteiger partial charge in [-0.15, -0.1) is 0 Å². The monoisotopic (exact) mass is 423 g/mol. The molecule has 1 saturated carbocycles. The summed E-state index contributed by atoms with van der Waals surface area (Å²) in [4.78, 5) is 15.8. The smallest absolute Gasteiger partial charge is 0.317 e. The lowest BCUT2D eigenvalue weighted by molar-refractivity contribution is 0.214. The first kappa shape index (κ1) is 21.3. The molecule has 2 aromatic rings. The Hall–Kier alpha value is -2.89. The largest absolute Gasteiger partial charge is 0.490 e. The van der Waals surface area contributed by atoms with E-state index < -0.39 is 0 Å². The zero-order chi connectivity index (χ0) is 22.0. The van der Waals surface area contributed by atoms with Crippen LogP contribution in [0.15, 0.2) is 42.5 Å². The van der Waals surface area contributed by atoms with Crippen molar-refractivity contribution in [2.24, 2.45) is 0 Å². The minimum Gasteiger partial charge on any atom is -0.490 e. The maximum absolute atomic E-state index is 11.8. The second kappa shape index (κ2) is 9.08. The SMILES string of the molecule is Cc1cc(OC2CC2)ccc1N1CCC(Oc2ccc([C@H](C)NC(=O)N(C)C)cc2)C1. The van der Waals surface area contributed by atoms with Crippen molar-refractivity contribution < 1.29 is 14.3 Å². The number of aryl methyl sites for hydroxylation is 1. The van der Waals surface area contributed by atoms with E-state index in [-0.39, 0.29) is 18.2 Å². The first-order valence-corrected chi connectivity index (χ1v) is 11.2. The van der Waals surface area contributed by atoms with E-state index in [0.717, 1.165) is 36.6 Å². The maximum Gasteiger partial charge on any atom is 0.317 e. The molecule has 6 nitrogen and oxygen atoms in total. The number of benzene rings is 2. The van der Waals surface area contributed by atoms with E-state index >= 15 is 0 Å². The zero-order valence-electron chi connectivity index (χ0n) is 18.9. The van der Waals surface area contributed by atoms with Crippen LogP contribution in [0, 0.1) is 6.92 Å². The molecule has 2 atom stereocenters. The number of hydrogen-bond donors (Lipinski definition) is 1. The minimum atomic E-state index is -0.0960. The topological polar surface area (TPSA) is 54.0 Å². The molecule has 2 aliphatic rings. The molecule has 6 heteroatoms. The van der Waals surface area contributed by atoms with Gasteiger partial charge in [-0.3, -0.25) is 0 Å². The van der Waals surface area contributed by atoms with Crippen LogP contribution in [0.25, 0.3) is 0 Å². The molecule has 0 bridgehead atoms. The second-order valence-corrected chi connectivity index (χ2v) is 8.87. The summed E-state index contributed by atoms with van der Waals surface area (Å²) in [5, 5.41) is 2.97. The van der Waals surface area contributed by atoms with Crippen molar-refractivity contribution >= 4 is 11.7 Å². The normalized spacial score (nSPS) is 19.1. The third-order valence-corrected chi connectivity index (χ3v) is 5.91. The molecule has 1 unspecified atom stereocenters. The summed E-state index contributed by atoms with van der Waals surface area (Å²) in [5.74, 6) is 1.85. The predicted molar refractivity (Wildman–Crippen MR) is 123 cm³/mol. The molecular formula is C25H33N3O3. The van der Waals surface area contributed by atoms with Crippen LogP contribution in [0.5, 0.6) is 11.5 Å². The molecule has 2 aromatic carbocycles. The minimum absolute atomic E-state index is 0.0548. The van der Waals surface area contributed by atoms with E-state index in [2.05, 4.69) is 35.3 Å². The molecule has 166 valence electrons. The number of rotatable bonds is 7. The summed E-state index contributed by atoms with van der Waals surface area (Å²) >= 11 is 0. The molecule has 0 spiro atoms. The summed E-state index contributed by atoms with van der Waals surface area (Å²) in [7, 11) is 3.48. The van der Waals surface area contributed by atoms with Crippen molar-refractivity contribution in [3.8, 4) is 11.5 Å². The molecule has 1 N–H and O–H groups in total. The lowest BCUT2D eigenvalue weighted by Gasteiger charge is -2.22. The van der Waals surface area contributed by atoms with Gasteiger partial charge in [0.15, 0.2) is 0 Å². The Labute approximate surface area is 185 Å². The fourth-order valence-electron chi connectivity index (χ4n) is 3.90. The average molecular weight is 424 g/mol. The number of carbonyl (C=O) groups is 1. The van der Waals surface area contributed by atoms with Gasteiger partial charge < -0.3 is 24.6 Å². The van der Waals surface area contributed by atoms with Gasteiger partial charge in [-0.05, 0) is 68.1 Å². The van der Waals surface area contributed by atoms with Crippen LogP contribution in [0.1, 0.15) is 43.4 Å². The Morgan fingerprint density at radius 2 is 1.71 bits per heavy atom. The zero-order valence-corrected chi connectivity index (χ0v) is 18.9. The summed E-state index contributed by atoms with van der Waals surface area (Å²) in [6.07, 6.45) is 3.94. The fraction of sp³-hybridized carbons (Fsp3) is 0.480. The van der Waals surface area contributed by atoms with Gasteiger partial charge in [-0.2, -0.15) is 0 Å². The molecule has 1 heterocycles. The van der Waals surface area contributed by atoms with Crippen molar-refractivity contribution in [3.05, 3.63) is 53.6 Å². The highest BCUT2D eigenvalue weighted by Crippen LogP contribution is 2.32. The number of nitrogens with zero attached hydrogens (tertiary/aromatic N) is 2. The first-order chi connectivity index (χ1) is 14.9. The van der Waals surface area contributed by atoms with Gasteiger partial charge in [-0.1, -0.05) is 12.1 Å². The van der Waals surface area contributed by atoms with Gasteiger partial charge in [0, 0.05) is 32.7 Å². The lowest BCUT2D eigenvalue weighted by Crippen LogP contribution is -2.36. The number of ether oxygens (including phenoxy) is 2. The Bertz CT molecular complexity index is 909. The fourth-order valence-corrected chi connectivity index (χ4v) is 3.90. The van der Waals surface area contributed by atoms with Gasteiger partial charge in [0.05, 0.1) is 18.7 Å². The Kier molecular flexibility index (Phi) is 6.25. The maximum atomic E-state index is 11.8. The summed E-state index contributed by atoms with van der Waals surface area (Å²) in [5.41, 5.74) is 3.56. The third-order valence-electron chi connectivity index (χ3n) is 5.91. The van der Waals surface area contributed by atoms with E-state index in [1.54, 1.807) is 14.1 Å². The molecule has 2 amide bonds. The third kappa shape index (κ3) is 5.43. The predicted octanol–water partition coefficient (Wildman–Crippen LogP) is 4.53. The lowest BCUT2D eigenvalue weighted by atomic mass is 10.1. The Morgan fingerprint density at radius 3 is 2.35 bits per heavy atom. The van der Waals surface area contributed by atoms with Gasteiger partial charge in [0.25, 0.3) is 0 Å². The van der Waals surface area contributed by atoms with Crippen molar-refractivity contribution in [2.75, 3.05) is 32.1 Å². The van der Waals surface area contributed by atoms with Crippen molar-refractivity contribution in [3.63, 3.8) is 0 Å². The van der Waals surface area contributed by atoms with Crippen LogP contribution in [0.2, 0.25) is 0 Å². The molecule has 0 aromatic heterocycles. The van der Waals surface area contributed by atoms with Crippen molar-refractivity contribution in [2.45, 2.75) is 51.4 Å². The number of amides is 2. The second-order valence-electron chi connectivity index (χ2n) is 8.87. The molecule has 2 fully saturated rings. The van der Waals surface area contributed by atoms with E-state index in [0.29, 0.717) is 6.10 Å². The van der Waals surface area contributed by atoms with Crippen LogP contribution in [0.4, 0.5) is 10.5 Å². The van der Waals surface area contributed by atoms with Gasteiger partial charge >= 0.3 is 6.03 Å². The molecule has 1 saturated heterocycles. The first-order valence-electron chi connectivity index (χ1n) is 11.2. The Morgan fingerprint density at radius 1 is 1.03 bits per heavy atom. The van der Waals surface area contributed by atoms with Crippen LogP contribution < -0.4 is 19.7 Å². The number of anilines is 1. The van der Waals surface area contributed by atoms with Crippen molar-refractivity contribution in [1.29, 1.82) is 0 Å². The molecule has 1 aliphatic carbocycles.